The molecule has 0 bridgehead atoms. The maximum atomic E-state index is 13.0. The number of carbonyl (C=O) groups excluding carboxylic acids is 1. The van der Waals surface area contributed by atoms with Gasteiger partial charge in [0, 0.05) is 6.42 Å². The van der Waals surface area contributed by atoms with Crippen molar-refractivity contribution in [1.82, 2.24) is 5.32 Å². The van der Waals surface area contributed by atoms with Crippen LogP contribution in [0.3, 0.4) is 0 Å². The normalized spacial score (nSPS) is 14.1. The van der Waals surface area contributed by atoms with Gasteiger partial charge in [-0.25, -0.2) is 0 Å². The number of hydrogen-bond donors (Lipinski definition) is 2. The molecule has 3 atom stereocenters. The van der Waals surface area contributed by atoms with Gasteiger partial charge in [0.1, 0.15) is 13.2 Å². The Bertz CT molecular complexity index is 1340. The summed E-state index contributed by atoms with van der Waals surface area (Å²) in [6.45, 7) is 4.63. The van der Waals surface area contributed by atoms with Crippen LogP contribution in [-0.4, -0.2) is 68.5 Å². The lowest BCUT2D eigenvalue weighted by atomic mass is 10.0. The summed E-state index contributed by atoms with van der Waals surface area (Å²) in [5.41, 5.74) is 0. The summed E-state index contributed by atoms with van der Waals surface area (Å²) in [6.07, 6.45) is 75.2. The van der Waals surface area contributed by atoms with Crippen LogP contribution in [0.1, 0.15) is 309 Å². The van der Waals surface area contributed by atoms with Crippen molar-refractivity contribution >= 4 is 13.7 Å². The maximum Gasteiger partial charge on any atom is 0.268 e. The first-order valence-electron chi connectivity index (χ1n) is 32.0. The first-order valence-corrected chi connectivity index (χ1v) is 33.5. The van der Waals surface area contributed by atoms with Crippen molar-refractivity contribution in [2.45, 2.75) is 321 Å². The number of unbranched alkanes of at least 4 members (excludes halogenated alkanes) is 40. The first kappa shape index (κ1) is 72.5. The van der Waals surface area contributed by atoms with Crippen LogP contribution in [0.4, 0.5) is 0 Å². The summed E-state index contributed by atoms with van der Waals surface area (Å²) in [6, 6.07) is -0.909. The molecule has 436 valence electrons. The molecule has 8 nitrogen and oxygen atoms in total. The minimum atomic E-state index is -4.61. The van der Waals surface area contributed by atoms with Crippen LogP contribution in [0.2, 0.25) is 0 Å². The van der Waals surface area contributed by atoms with Crippen molar-refractivity contribution in [3.63, 3.8) is 0 Å². The molecule has 0 fully saturated rings. The van der Waals surface area contributed by atoms with E-state index in [1.54, 1.807) is 6.08 Å². The van der Waals surface area contributed by atoms with E-state index < -0.39 is 26.6 Å². The van der Waals surface area contributed by atoms with Gasteiger partial charge in [-0.05, 0) is 70.6 Å². The van der Waals surface area contributed by atoms with Gasteiger partial charge < -0.3 is 28.8 Å². The van der Waals surface area contributed by atoms with E-state index in [1.165, 1.54) is 244 Å². The summed E-state index contributed by atoms with van der Waals surface area (Å²) in [5.74, 6) is -0.207. The van der Waals surface area contributed by atoms with E-state index in [1.807, 2.05) is 27.2 Å². The second kappa shape index (κ2) is 56.2. The monoisotopic (exact) mass is 1060 g/mol. The van der Waals surface area contributed by atoms with Gasteiger partial charge >= 0.3 is 0 Å². The van der Waals surface area contributed by atoms with Crippen molar-refractivity contribution in [2.24, 2.45) is 0 Å². The number of quaternary nitrogens is 1. The summed E-state index contributed by atoms with van der Waals surface area (Å²) in [7, 11) is 1.24. The van der Waals surface area contributed by atoms with E-state index in [4.69, 9.17) is 9.05 Å². The lowest BCUT2D eigenvalue weighted by Gasteiger charge is -2.29. The van der Waals surface area contributed by atoms with Crippen LogP contribution in [0.5, 0.6) is 0 Å². The van der Waals surface area contributed by atoms with E-state index in [0.717, 1.165) is 44.9 Å². The number of rotatable bonds is 59. The van der Waals surface area contributed by atoms with Crippen molar-refractivity contribution in [2.75, 3.05) is 40.9 Å². The zero-order valence-corrected chi connectivity index (χ0v) is 50.7. The summed E-state index contributed by atoms with van der Waals surface area (Å²) >= 11 is 0. The molecule has 0 aromatic heterocycles. The average molecular weight is 1060 g/mol. The Hall–Kier alpha value is -1.54. The Morgan fingerprint density at radius 2 is 0.757 bits per heavy atom. The molecule has 0 spiro atoms. The topological polar surface area (TPSA) is 108 Å². The van der Waals surface area contributed by atoms with Crippen LogP contribution < -0.4 is 10.2 Å². The molecule has 3 unspecified atom stereocenters. The number of allylic oxidation sites excluding steroid dienone is 7. The van der Waals surface area contributed by atoms with Crippen molar-refractivity contribution in [1.29, 1.82) is 0 Å². The molecule has 0 aliphatic heterocycles. The van der Waals surface area contributed by atoms with Crippen LogP contribution in [0.15, 0.2) is 48.6 Å². The quantitative estimate of drug-likeness (QED) is 0.0272. The van der Waals surface area contributed by atoms with Crippen molar-refractivity contribution < 1.29 is 32.9 Å². The van der Waals surface area contributed by atoms with Gasteiger partial charge in [0.15, 0.2) is 0 Å². The van der Waals surface area contributed by atoms with Gasteiger partial charge in [-0.15, -0.1) is 0 Å². The van der Waals surface area contributed by atoms with Crippen molar-refractivity contribution in [3.8, 4) is 0 Å². The second-order valence-corrected chi connectivity index (χ2v) is 24.5. The van der Waals surface area contributed by atoms with Crippen LogP contribution in [0.25, 0.3) is 0 Å². The molecule has 0 radical (unpaired) electrons. The summed E-state index contributed by atoms with van der Waals surface area (Å²) in [5, 5.41) is 13.8. The smallest absolute Gasteiger partial charge is 0.268 e. The van der Waals surface area contributed by atoms with Gasteiger partial charge in [0.2, 0.25) is 5.91 Å². The number of nitrogens with one attached hydrogen (secondary N) is 1. The van der Waals surface area contributed by atoms with E-state index in [2.05, 4.69) is 55.6 Å². The average Bonchev–Trinajstić information content (AvgIpc) is 3.36. The molecule has 2 N–H and O–H groups in total. The number of aliphatic hydroxyl groups is 1. The maximum absolute atomic E-state index is 13.0. The first-order chi connectivity index (χ1) is 36.0. The van der Waals surface area contributed by atoms with Crippen LogP contribution in [0, 0.1) is 0 Å². The Labute approximate surface area is 460 Å². The third-order valence-electron chi connectivity index (χ3n) is 14.5. The van der Waals surface area contributed by atoms with Crippen molar-refractivity contribution in [3.05, 3.63) is 48.6 Å². The van der Waals surface area contributed by atoms with Gasteiger partial charge in [0.05, 0.1) is 39.9 Å². The Balaban J connectivity index is 3.95. The number of phosphoric ester groups is 1. The largest absolute Gasteiger partial charge is 0.756 e. The highest BCUT2D eigenvalue weighted by Gasteiger charge is 2.23. The standard InChI is InChI=1S/C65H125N2O6P/c1-6-8-10-12-14-16-18-20-22-23-24-25-26-27-28-29-30-31-32-33-34-35-36-37-38-39-40-41-42-43-45-47-49-51-53-55-57-59-65(69)66-63(62-73-74(70,71)72-61-60-67(3,4)5)64(68)58-56-54-52-50-48-46-44-21-19-17-15-13-11-9-7-2/h19,21,23-24,48,50,56,58,63-64,68H,6-18,20,22,25-47,49,51-55,57,59-62H2,1-5H3,(H-,66,69,70,71)/b21-19+,24-23-,50-48+,58-56+. The molecule has 0 saturated carbocycles. The van der Waals surface area contributed by atoms with E-state index in [9.17, 15) is 19.4 Å². The number of aliphatic hydroxyl groups excluding tert-OH is 1. The highest BCUT2D eigenvalue weighted by molar-refractivity contribution is 7.45. The summed E-state index contributed by atoms with van der Waals surface area (Å²) in [4.78, 5) is 25.5. The van der Waals surface area contributed by atoms with E-state index in [0.29, 0.717) is 17.4 Å². The van der Waals surface area contributed by atoms with Gasteiger partial charge in [0.25, 0.3) is 7.82 Å². The predicted octanol–water partition coefficient (Wildman–Crippen LogP) is 19.2. The molecule has 0 heterocycles. The molecule has 74 heavy (non-hydrogen) atoms. The highest BCUT2D eigenvalue weighted by Crippen LogP contribution is 2.38. The highest BCUT2D eigenvalue weighted by atomic mass is 31.2. The van der Waals surface area contributed by atoms with Crippen LogP contribution in [-0.2, 0) is 18.4 Å². The van der Waals surface area contributed by atoms with Gasteiger partial charge in [-0.2, -0.15) is 0 Å². The zero-order chi connectivity index (χ0) is 54.2. The lowest BCUT2D eigenvalue weighted by Crippen LogP contribution is -2.45. The summed E-state index contributed by atoms with van der Waals surface area (Å²) < 4.78 is 23.3. The molecule has 0 rings (SSSR count). The third kappa shape index (κ3) is 58.1. The number of hydrogen-bond acceptors (Lipinski definition) is 6. The molecule has 0 aliphatic carbocycles. The fourth-order valence-electron chi connectivity index (χ4n) is 9.48. The minimum Gasteiger partial charge on any atom is -0.756 e. The molecule has 0 aromatic carbocycles. The predicted molar refractivity (Wildman–Crippen MR) is 321 cm³/mol. The fraction of sp³-hybridized carbons (Fsp3) is 0.862. The Kier molecular flexibility index (Phi) is 55.0. The lowest BCUT2D eigenvalue weighted by molar-refractivity contribution is -0.870. The molecule has 0 aromatic rings. The molecule has 0 aliphatic rings. The number of nitrogens with zero attached hydrogens (tertiary/aromatic N) is 1. The molecule has 9 heteroatoms. The number of amides is 1. The molecular weight excluding hydrogens is 936 g/mol. The molecule has 0 saturated heterocycles. The Morgan fingerprint density at radius 1 is 0.459 bits per heavy atom. The van der Waals surface area contributed by atoms with E-state index in [-0.39, 0.29) is 12.5 Å². The van der Waals surface area contributed by atoms with Crippen LogP contribution >= 0.6 is 7.82 Å². The fourth-order valence-corrected chi connectivity index (χ4v) is 10.2. The molecule has 1 amide bonds. The SMILES string of the molecule is CCCCCCC/C=C/CC/C=C/CC/C=C/C(O)C(COP(=O)([O-])OCC[N+](C)(C)C)NC(=O)CCCCCCCCCCCCCCCCCCCCCCCCCCC/C=C\CCCCCCCCCC. The minimum absolute atomic E-state index is 0.00823. The van der Waals surface area contributed by atoms with Gasteiger partial charge in [-0.1, -0.05) is 281 Å². The number of carbonyl (C=O) groups is 1. The number of likely N-dealkylation sites (N-methyl/N-ethyl adjacent to an activating group) is 1. The zero-order valence-electron chi connectivity index (χ0n) is 49.8. The Morgan fingerprint density at radius 3 is 1.09 bits per heavy atom. The molecular formula is C65H125N2O6P. The van der Waals surface area contributed by atoms with E-state index >= 15 is 0 Å². The third-order valence-corrected chi connectivity index (χ3v) is 15.5. The van der Waals surface area contributed by atoms with Gasteiger partial charge in [-0.3, -0.25) is 9.36 Å². The number of phosphoric acid groups is 1. The second-order valence-electron chi connectivity index (χ2n) is 23.1.